The van der Waals surface area contributed by atoms with Crippen LogP contribution in [0.2, 0.25) is 5.04 Å². The van der Waals surface area contributed by atoms with Crippen LogP contribution >= 0.6 is 11.8 Å². The van der Waals surface area contributed by atoms with Crippen LogP contribution in [0, 0.1) is 0 Å². The molecule has 0 saturated carbocycles. The van der Waals surface area contributed by atoms with Gasteiger partial charge in [-0.2, -0.15) is 0 Å². The van der Waals surface area contributed by atoms with Gasteiger partial charge in [-0.3, -0.25) is 0 Å². The van der Waals surface area contributed by atoms with Crippen LogP contribution < -0.4 is 10.4 Å². The Morgan fingerprint density at radius 1 is 1.04 bits per heavy atom. The summed E-state index contributed by atoms with van der Waals surface area (Å²) >= 11 is 1.75. The average Bonchev–Trinajstić information content (AvgIpc) is 2.95. The topological polar surface area (TPSA) is 29.5 Å². The highest BCUT2D eigenvalue weighted by atomic mass is 32.2. The first-order chi connectivity index (χ1) is 12.4. The molecule has 1 aliphatic rings. The van der Waals surface area contributed by atoms with Gasteiger partial charge in [0.05, 0.1) is 18.0 Å². The van der Waals surface area contributed by atoms with Crippen LogP contribution in [0.15, 0.2) is 72.8 Å². The Morgan fingerprint density at radius 3 is 1.92 bits per heavy atom. The molecule has 0 radical (unpaired) electrons. The SMILES string of the molecule is C=C1[C@H](CO[Si](c2ccccc2)(c2ccccc2)C(C)(C)C)SC[C@@H]1O. The normalized spacial score (nSPS) is 21.2. The maximum atomic E-state index is 10.0. The van der Waals surface area contributed by atoms with Gasteiger partial charge in [0.1, 0.15) is 0 Å². The number of hydrogen-bond donors (Lipinski definition) is 1. The molecule has 2 atom stereocenters. The first kappa shape index (κ1) is 19.4. The van der Waals surface area contributed by atoms with E-state index in [1.807, 2.05) is 0 Å². The lowest BCUT2D eigenvalue weighted by atomic mass is 10.1. The van der Waals surface area contributed by atoms with Crippen molar-refractivity contribution in [3.8, 4) is 0 Å². The third-order valence-electron chi connectivity index (χ3n) is 5.16. The van der Waals surface area contributed by atoms with E-state index in [1.54, 1.807) is 11.8 Å². The molecule has 1 saturated heterocycles. The predicted octanol–water partition coefficient (Wildman–Crippen LogP) is 3.60. The van der Waals surface area contributed by atoms with E-state index in [0.717, 1.165) is 5.57 Å². The quantitative estimate of drug-likeness (QED) is 0.631. The Kier molecular flexibility index (Phi) is 5.77. The molecule has 26 heavy (non-hydrogen) atoms. The average molecular weight is 385 g/mol. The van der Waals surface area contributed by atoms with Gasteiger partial charge in [0.25, 0.3) is 8.32 Å². The van der Waals surface area contributed by atoms with E-state index in [-0.39, 0.29) is 10.3 Å². The summed E-state index contributed by atoms with van der Waals surface area (Å²) in [5.41, 5.74) is 0.896. The number of hydrogen-bond acceptors (Lipinski definition) is 3. The Balaban J connectivity index is 2.04. The van der Waals surface area contributed by atoms with E-state index in [2.05, 4.69) is 88.0 Å². The maximum absolute atomic E-state index is 10.0. The van der Waals surface area contributed by atoms with Crippen LogP contribution in [-0.4, -0.2) is 37.1 Å². The van der Waals surface area contributed by atoms with Gasteiger partial charge in [0.2, 0.25) is 0 Å². The van der Waals surface area contributed by atoms with Crippen LogP contribution in [-0.2, 0) is 4.43 Å². The minimum Gasteiger partial charge on any atom is -0.406 e. The smallest absolute Gasteiger partial charge is 0.261 e. The first-order valence-corrected chi connectivity index (χ1v) is 12.1. The largest absolute Gasteiger partial charge is 0.406 e. The Hall–Kier alpha value is -1.33. The number of aliphatic hydroxyl groups excluding tert-OH is 1. The molecular formula is C22H28O2SSi. The fraction of sp³-hybridized carbons (Fsp3) is 0.364. The van der Waals surface area contributed by atoms with Crippen molar-refractivity contribution < 1.29 is 9.53 Å². The van der Waals surface area contributed by atoms with E-state index < -0.39 is 14.4 Å². The summed E-state index contributed by atoms with van der Waals surface area (Å²) in [6, 6.07) is 21.3. The highest BCUT2D eigenvalue weighted by Crippen LogP contribution is 2.38. The monoisotopic (exact) mass is 384 g/mol. The van der Waals surface area contributed by atoms with Gasteiger partial charge in [-0.05, 0) is 21.0 Å². The summed E-state index contributed by atoms with van der Waals surface area (Å²) < 4.78 is 6.92. The second-order valence-corrected chi connectivity index (χ2v) is 13.4. The van der Waals surface area contributed by atoms with E-state index in [1.165, 1.54) is 10.4 Å². The van der Waals surface area contributed by atoms with Crippen molar-refractivity contribution in [1.82, 2.24) is 0 Å². The fourth-order valence-corrected chi connectivity index (χ4v) is 9.61. The van der Waals surface area contributed by atoms with E-state index in [0.29, 0.717) is 12.4 Å². The van der Waals surface area contributed by atoms with Gasteiger partial charge < -0.3 is 9.53 Å². The molecule has 0 spiro atoms. The van der Waals surface area contributed by atoms with Crippen molar-refractivity contribution >= 4 is 30.5 Å². The summed E-state index contributed by atoms with van der Waals surface area (Å²) in [5, 5.41) is 12.7. The fourth-order valence-electron chi connectivity index (χ4n) is 3.75. The second-order valence-electron chi connectivity index (χ2n) is 7.89. The lowest BCUT2D eigenvalue weighted by Gasteiger charge is -2.43. The minimum absolute atomic E-state index is 0.0288. The third-order valence-corrected chi connectivity index (χ3v) is 11.5. The molecule has 1 N–H and O–H groups in total. The highest BCUT2D eigenvalue weighted by molar-refractivity contribution is 8.00. The molecule has 1 fully saturated rings. The zero-order chi connectivity index (χ0) is 18.8. The van der Waals surface area contributed by atoms with Gasteiger partial charge in [0, 0.05) is 5.75 Å². The van der Waals surface area contributed by atoms with Gasteiger partial charge in [-0.25, -0.2) is 0 Å². The Labute approximate surface area is 162 Å². The zero-order valence-corrected chi connectivity index (χ0v) is 17.6. The molecule has 0 bridgehead atoms. The Morgan fingerprint density at radius 2 is 1.54 bits per heavy atom. The molecule has 0 amide bonds. The summed E-state index contributed by atoms with van der Waals surface area (Å²) in [7, 11) is -2.50. The second kappa shape index (κ2) is 7.73. The van der Waals surface area contributed by atoms with Gasteiger partial charge >= 0.3 is 0 Å². The van der Waals surface area contributed by atoms with Gasteiger partial charge in [-0.15, -0.1) is 11.8 Å². The van der Waals surface area contributed by atoms with Crippen molar-refractivity contribution in [2.45, 2.75) is 37.2 Å². The van der Waals surface area contributed by atoms with Crippen LogP contribution in [0.25, 0.3) is 0 Å². The highest BCUT2D eigenvalue weighted by Gasteiger charge is 2.50. The van der Waals surface area contributed by atoms with Crippen molar-refractivity contribution in [2.75, 3.05) is 12.4 Å². The molecule has 3 rings (SSSR count). The molecule has 1 heterocycles. The minimum atomic E-state index is -2.50. The molecule has 0 aliphatic carbocycles. The first-order valence-electron chi connectivity index (χ1n) is 9.09. The van der Waals surface area contributed by atoms with Gasteiger partial charge in [-0.1, -0.05) is 88.0 Å². The summed E-state index contributed by atoms with van der Waals surface area (Å²) in [5.74, 6) is 0.716. The number of thioether (sulfide) groups is 1. The van der Waals surface area contributed by atoms with E-state index >= 15 is 0 Å². The number of rotatable bonds is 5. The van der Waals surface area contributed by atoms with Gasteiger partial charge in [0.15, 0.2) is 0 Å². The summed E-state index contributed by atoms with van der Waals surface area (Å²) in [4.78, 5) is 0. The van der Waals surface area contributed by atoms with Crippen molar-refractivity contribution in [3.63, 3.8) is 0 Å². The van der Waals surface area contributed by atoms with Crippen LogP contribution in [0.1, 0.15) is 20.8 Å². The lowest BCUT2D eigenvalue weighted by molar-refractivity contribution is 0.231. The maximum Gasteiger partial charge on any atom is 0.261 e. The third kappa shape index (κ3) is 3.56. The van der Waals surface area contributed by atoms with E-state index in [4.69, 9.17) is 4.43 Å². The molecule has 0 aromatic heterocycles. The Bertz CT molecular complexity index is 700. The summed E-state index contributed by atoms with van der Waals surface area (Å²) in [6.07, 6.45) is -0.409. The van der Waals surface area contributed by atoms with Crippen molar-refractivity contribution in [3.05, 3.63) is 72.8 Å². The molecule has 1 aliphatic heterocycles. The van der Waals surface area contributed by atoms with E-state index in [9.17, 15) is 5.11 Å². The molecule has 2 nitrogen and oxygen atoms in total. The molecule has 2 aromatic carbocycles. The molecule has 4 heteroatoms. The summed E-state index contributed by atoms with van der Waals surface area (Å²) in [6.45, 7) is 11.5. The molecule has 138 valence electrons. The molecular weight excluding hydrogens is 356 g/mol. The molecule has 0 unspecified atom stereocenters. The standard InChI is InChI=1S/C22H28O2SSi/c1-17-20(23)16-25-21(17)15-24-26(22(2,3)4,18-11-7-5-8-12-18)19-13-9-6-10-14-19/h5-14,20-21,23H,1,15-16H2,2-4H3/t20-,21-/m0/s1. The van der Waals surface area contributed by atoms with Crippen molar-refractivity contribution in [2.24, 2.45) is 0 Å². The lowest BCUT2D eigenvalue weighted by Crippen LogP contribution is -2.67. The van der Waals surface area contributed by atoms with Crippen molar-refractivity contribution in [1.29, 1.82) is 0 Å². The molecule has 2 aromatic rings. The number of benzene rings is 2. The van der Waals surface area contributed by atoms with Crippen LogP contribution in [0.4, 0.5) is 0 Å². The van der Waals surface area contributed by atoms with Crippen LogP contribution in [0.5, 0.6) is 0 Å². The zero-order valence-electron chi connectivity index (χ0n) is 15.8. The predicted molar refractivity (Wildman–Crippen MR) is 115 cm³/mol. The van der Waals surface area contributed by atoms with Crippen LogP contribution in [0.3, 0.4) is 0 Å². The number of aliphatic hydroxyl groups is 1.